The minimum Gasteiger partial charge on any atom is -0.382 e. The zero-order chi connectivity index (χ0) is 11.4. The molecule has 16 heavy (non-hydrogen) atoms. The molecule has 0 heterocycles. The second-order valence-electron chi connectivity index (χ2n) is 4.50. The maximum absolute atomic E-state index is 11.5. The fourth-order valence-corrected chi connectivity index (χ4v) is 2.50. The summed E-state index contributed by atoms with van der Waals surface area (Å²) in [6.45, 7) is 1.14. The Morgan fingerprint density at radius 3 is 2.88 bits per heavy atom. The quantitative estimate of drug-likeness (QED) is 0.535. The van der Waals surface area contributed by atoms with Crippen LogP contribution in [0, 0.1) is 11.8 Å². The number of hydrogen-bond donors (Lipinski definition) is 1. The largest absolute Gasteiger partial charge is 0.382 e. The SMILES string of the molecule is COCCOCC(=O)NC1CC2C=CC1C2. The third kappa shape index (κ3) is 2.83. The average Bonchev–Trinajstić information content (AvgIpc) is 2.86. The summed E-state index contributed by atoms with van der Waals surface area (Å²) >= 11 is 0. The Bertz CT molecular complexity index is 277. The zero-order valence-electron chi connectivity index (χ0n) is 9.65. The number of methoxy groups -OCH3 is 1. The summed E-state index contributed by atoms with van der Waals surface area (Å²) in [5, 5.41) is 3.03. The maximum Gasteiger partial charge on any atom is 0.246 e. The number of ether oxygens (including phenoxy) is 2. The van der Waals surface area contributed by atoms with Crippen LogP contribution in [-0.4, -0.2) is 38.9 Å². The molecular formula is C12H19NO3. The summed E-state index contributed by atoms with van der Waals surface area (Å²) in [6, 6.07) is 0.327. The molecular weight excluding hydrogens is 206 g/mol. The number of fused-ring (bicyclic) bond motifs is 2. The van der Waals surface area contributed by atoms with Gasteiger partial charge in [-0.3, -0.25) is 4.79 Å². The lowest BCUT2D eigenvalue weighted by Crippen LogP contribution is -2.39. The predicted molar refractivity (Wildman–Crippen MR) is 60.0 cm³/mol. The van der Waals surface area contributed by atoms with Crippen molar-refractivity contribution in [3.63, 3.8) is 0 Å². The standard InChI is InChI=1S/C12H19NO3/c1-15-4-5-16-8-12(14)13-11-7-9-2-3-10(11)6-9/h2-3,9-11H,4-8H2,1H3,(H,13,14). The van der Waals surface area contributed by atoms with Gasteiger partial charge in [0.25, 0.3) is 0 Å². The Morgan fingerprint density at radius 2 is 2.25 bits per heavy atom. The highest BCUT2D eigenvalue weighted by molar-refractivity contribution is 5.77. The van der Waals surface area contributed by atoms with Gasteiger partial charge in [0.15, 0.2) is 0 Å². The van der Waals surface area contributed by atoms with Gasteiger partial charge in [-0.25, -0.2) is 0 Å². The van der Waals surface area contributed by atoms with Gasteiger partial charge in [0.2, 0.25) is 5.91 Å². The van der Waals surface area contributed by atoms with Gasteiger partial charge in [-0.15, -0.1) is 0 Å². The van der Waals surface area contributed by atoms with E-state index in [1.54, 1.807) is 7.11 Å². The van der Waals surface area contributed by atoms with Crippen LogP contribution in [0.15, 0.2) is 12.2 Å². The summed E-state index contributed by atoms with van der Waals surface area (Å²) in [4.78, 5) is 11.5. The molecule has 0 spiro atoms. The Kier molecular flexibility index (Phi) is 3.96. The Balaban J connectivity index is 1.62. The second-order valence-corrected chi connectivity index (χ2v) is 4.50. The van der Waals surface area contributed by atoms with Crippen LogP contribution in [0.3, 0.4) is 0 Å². The van der Waals surface area contributed by atoms with Crippen LogP contribution in [0.1, 0.15) is 12.8 Å². The third-order valence-corrected chi connectivity index (χ3v) is 3.29. The van der Waals surface area contributed by atoms with E-state index in [-0.39, 0.29) is 12.5 Å². The molecule has 2 aliphatic rings. The van der Waals surface area contributed by atoms with E-state index < -0.39 is 0 Å². The molecule has 1 N–H and O–H groups in total. The fourth-order valence-electron chi connectivity index (χ4n) is 2.50. The Hall–Kier alpha value is -0.870. The van der Waals surface area contributed by atoms with Crippen LogP contribution in [0.2, 0.25) is 0 Å². The van der Waals surface area contributed by atoms with Crippen molar-refractivity contribution in [3.8, 4) is 0 Å². The summed E-state index contributed by atoms with van der Waals surface area (Å²) in [5.74, 6) is 1.22. The number of amides is 1. The topological polar surface area (TPSA) is 47.6 Å². The number of carbonyl (C=O) groups excluding carboxylic acids is 1. The molecule has 2 rings (SSSR count). The van der Waals surface area contributed by atoms with E-state index in [2.05, 4.69) is 17.5 Å². The fraction of sp³-hybridized carbons (Fsp3) is 0.750. The molecule has 90 valence electrons. The smallest absolute Gasteiger partial charge is 0.246 e. The Labute approximate surface area is 96.0 Å². The Morgan fingerprint density at radius 1 is 1.38 bits per heavy atom. The van der Waals surface area contributed by atoms with Crippen molar-refractivity contribution >= 4 is 5.91 Å². The van der Waals surface area contributed by atoms with E-state index >= 15 is 0 Å². The lowest BCUT2D eigenvalue weighted by Gasteiger charge is -2.19. The predicted octanol–water partition coefficient (Wildman–Crippen LogP) is 0.730. The first-order valence-electron chi connectivity index (χ1n) is 5.84. The van der Waals surface area contributed by atoms with Crippen LogP contribution in [-0.2, 0) is 14.3 Å². The van der Waals surface area contributed by atoms with Crippen molar-refractivity contribution in [1.29, 1.82) is 0 Å². The van der Waals surface area contributed by atoms with Gasteiger partial charge in [-0.1, -0.05) is 12.2 Å². The van der Waals surface area contributed by atoms with Crippen molar-refractivity contribution in [3.05, 3.63) is 12.2 Å². The molecule has 3 atom stereocenters. The monoisotopic (exact) mass is 225 g/mol. The molecule has 1 fully saturated rings. The van der Waals surface area contributed by atoms with Crippen LogP contribution in [0.4, 0.5) is 0 Å². The minimum atomic E-state index is -0.0120. The minimum absolute atomic E-state index is 0.0120. The lowest BCUT2D eigenvalue weighted by atomic mass is 10.0. The van der Waals surface area contributed by atoms with E-state index in [4.69, 9.17) is 9.47 Å². The van der Waals surface area contributed by atoms with Crippen LogP contribution in [0.25, 0.3) is 0 Å². The second kappa shape index (κ2) is 5.46. The van der Waals surface area contributed by atoms with Gasteiger partial charge >= 0.3 is 0 Å². The molecule has 2 aliphatic carbocycles. The summed E-state index contributed by atoms with van der Waals surface area (Å²) in [5.41, 5.74) is 0. The van der Waals surface area contributed by atoms with Crippen molar-refractivity contribution in [1.82, 2.24) is 5.32 Å². The van der Waals surface area contributed by atoms with E-state index in [9.17, 15) is 4.79 Å². The van der Waals surface area contributed by atoms with Gasteiger partial charge in [-0.05, 0) is 24.7 Å². The number of rotatable bonds is 6. The van der Waals surface area contributed by atoms with Gasteiger partial charge in [0, 0.05) is 13.2 Å². The number of nitrogens with one attached hydrogen (secondary N) is 1. The van der Waals surface area contributed by atoms with Gasteiger partial charge in [0.1, 0.15) is 6.61 Å². The molecule has 4 nitrogen and oxygen atoms in total. The first kappa shape index (κ1) is 11.6. The summed E-state index contributed by atoms with van der Waals surface area (Å²) in [7, 11) is 1.62. The average molecular weight is 225 g/mol. The first-order valence-corrected chi connectivity index (χ1v) is 5.84. The summed E-state index contributed by atoms with van der Waals surface area (Å²) in [6.07, 6.45) is 6.79. The molecule has 0 saturated heterocycles. The van der Waals surface area contributed by atoms with Crippen molar-refractivity contribution in [2.24, 2.45) is 11.8 Å². The number of allylic oxidation sites excluding steroid dienone is 1. The van der Waals surface area contributed by atoms with E-state index in [0.717, 1.165) is 6.42 Å². The van der Waals surface area contributed by atoms with Crippen LogP contribution in [0.5, 0.6) is 0 Å². The molecule has 0 aromatic carbocycles. The molecule has 3 unspecified atom stereocenters. The zero-order valence-corrected chi connectivity index (χ0v) is 9.65. The molecule has 4 heteroatoms. The van der Waals surface area contributed by atoms with Gasteiger partial charge in [-0.2, -0.15) is 0 Å². The lowest BCUT2D eigenvalue weighted by molar-refractivity contribution is -0.127. The molecule has 1 amide bonds. The highest BCUT2D eigenvalue weighted by Gasteiger charge is 2.36. The normalized spacial score (nSPS) is 30.9. The molecule has 0 radical (unpaired) electrons. The molecule has 0 aromatic rings. The first-order chi connectivity index (χ1) is 7.79. The van der Waals surface area contributed by atoms with Gasteiger partial charge in [0.05, 0.1) is 13.2 Å². The van der Waals surface area contributed by atoms with E-state index in [1.165, 1.54) is 6.42 Å². The number of carbonyl (C=O) groups is 1. The summed E-state index contributed by atoms with van der Waals surface area (Å²) < 4.78 is 10.0. The molecule has 0 aromatic heterocycles. The van der Waals surface area contributed by atoms with Crippen LogP contribution >= 0.6 is 0 Å². The van der Waals surface area contributed by atoms with Gasteiger partial charge < -0.3 is 14.8 Å². The van der Waals surface area contributed by atoms with Crippen LogP contribution < -0.4 is 5.32 Å². The van der Waals surface area contributed by atoms with Crippen molar-refractivity contribution in [2.45, 2.75) is 18.9 Å². The van der Waals surface area contributed by atoms with E-state index in [0.29, 0.717) is 31.1 Å². The van der Waals surface area contributed by atoms with Crippen molar-refractivity contribution < 1.29 is 14.3 Å². The third-order valence-electron chi connectivity index (χ3n) is 3.29. The number of hydrogen-bond acceptors (Lipinski definition) is 3. The highest BCUT2D eigenvalue weighted by atomic mass is 16.5. The van der Waals surface area contributed by atoms with E-state index in [1.807, 2.05) is 0 Å². The molecule has 1 saturated carbocycles. The molecule has 0 aliphatic heterocycles. The highest BCUT2D eigenvalue weighted by Crippen LogP contribution is 2.38. The van der Waals surface area contributed by atoms with Crippen molar-refractivity contribution in [2.75, 3.05) is 26.9 Å². The maximum atomic E-state index is 11.5. The molecule has 2 bridgehead atoms.